The lowest BCUT2D eigenvalue weighted by Gasteiger charge is -2.28. The Bertz CT molecular complexity index is 571. The van der Waals surface area contributed by atoms with Crippen molar-refractivity contribution >= 4 is 29.9 Å². The monoisotopic (exact) mass is 488 g/mol. The van der Waals surface area contributed by atoms with Crippen molar-refractivity contribution in [1.29, 1.82) is 0 Å². The molecular weight excluding hydrogens is 451 g/mol. The van der Waals surface area contributed by atoms with Crippen molar-refractivity contribution in [1.82, 2.24) is 15.5 Å². The summed E-state index contributed by atoms with van der Waals surface area (Å²) in [4.78, 5) is 7.19. The molecule has 27 heavy (non-hydrogen) atoms. The smallest absolute Gasteiger partial charge is 0.191 e. The van der Waals surface area contributed by atoms with Gasteiger partial charge in [0.05, 0.1) is 7.11 Å². The lowest BCUT2D eigenvalue weighted by Crippen LogP contribution is -2.38. The maximum absolute atomic E-state index is 5.47. The maximum Gasteiger partial charge on any atom is 0.191 e. The molecule has 1 heterocycles. The molecule has 2 rings (SSSR count). The molecule has 1 aromatic carbocycles. The third-order valence-electron chi connectivity index (χ3n) is 5.11. The van der Waals surface area contributed by atoms with Gasteiger partial charge in [-0.25, -0.2) is 0 Å². The number of ether oxygens (including phenoxy) is 1. The number of benzene rings is 1. The summed E-state index contributed by atoms with van der Waals surface area (Å²) >= 11 is 0. The molecular formula is C21H37IN4O. The van der Waals surface area contributed by atoms with Crippen molar-refractivity contribution in [2.75, 3.05) is 46.9 Å². The average Bonchev–Trinajstić information content (AvgIpc) is 2.63. The largest absolute Gasteiger partial charge is 0.496 e. The zero-order valence-corrected chi connectivity index (χ0v) is 19.7. The van der Waals surface area contributed by atoms with E-state index in [0.717, 1.165) is 43.7 Å². The Morgan fingerprint density at radius 1 is 1.26 bits per heavy atom. The first kappa shape index (κ1) is 24.0. The minimum Gasteiger partial charge on any atom is -0.496 e. The number of piperidine rings is 1. The van der Waals surface area contributed by atoms with E-state index in [9.17, 15) is 0 Å². The van der Waals surface area contributed by atoms with Crippen LogP contribution in [0.2, 0.25) is 0 Å². The van der Waals surface area contributed by atoms with Crippen molar-refractivity contribution < 1.29 is 4.74 Å². The van der Waals surface area contributed by atoms with Crippen molar-refractivity contribution in [2.45, 2.75) is 39.5 Å². The van der Waals surface area contributed by atoms with Crippen LogP contribution in [0.1, 0.15) is 37.3 Å². The maximum atomic E-state index is 5.47. The van der Waals surface area contributed by atoms with Crippen LogP contribution in [0.4, 0.5) is 0 Å². The van der Waals surface area contributed by atoms with Gasteiger partial charge in [-0.05, 0) is 77.2 Å². The lowest BCUT2D eigenvalue weighted by atomic mass is 9.94. The Balaban J connectivity index is 0.00000364. The van der Waals surface area contributed by atoms with E-state index in [2.05, 4.69) is 48.6 Å². The first-order valence-electron chi connectivity index (χ1n) is 9.96. The van der Waals surface area contributed by atoms with Crippen LogP contribution in [-0.4, -0.2) is 57.7 Å². The van der Waals surface area contributed by atoms with Crippen LogP contribution in [0.25, 0.3) is 0 Å². The van der Waals surface area contributed by atoms with E-state index >= 15 is 0 Å². The van der Waals surface area contributed by atoms with Gasteiger partial charge in [0.15, 0.2) is 5.96 Å². The fourth-order valence-electron chi connectivity index (χ4n) is 3.47. The molecule has 0 amide bonds. The van der Waals surface area contributed by atoms with Crippen LogP contribution in [-0.2, 0) is 6.42 Å². The molecule has 5 nitrogen and oxygen atoms in total. The number of methoxy groups -OCH3 is 1. The van der Waals surface area contributed by atoms with E-state index in [0.29, 0.717) is 0 Å². The van der Waals surface area contributed by atoms with Gasteiger partial charge >= 0.3 is 0 Å². The van der Waals surface area contributed by atoms with E-state index in [-0.39, 0.29) is 24.0 Å². The standard InChI is InChI=1S/C21H36N4O.HI/c1-5-22-21(23-12-8-18-10-14-25(3)15-11-18)24-13-9-19-16-17(2)6-7-20(19)26-4;/h6-7,16,18H,5,8-15H2,1-4H3,(H2,22,23,24);1H. The molecule has 0 aliphatic carbocycles. The van der Waals surface area contributed by atoms with Gasteiger partial charge in [-0.1, -0.05) is 17.7 Å². The minimum atomic E-state index is 0. The van der Waals surface area contributed by atoms with Gasteiger partial charge in [0.2, 0.25) is 0 Å². The van der Waals surface area contributed by atoms with Crippen LogP contribution in [0.5, 0.6) is 5.75 Å². The molecule has 6 heteroatoms. The SMILES string of the molecule is CCNC(=NCCC1CCN(C)CC1)NCCc1cc(C)ccc1OC.I. The van der Waals surface area contributed by atoms with Crippen LogP contribution in [0.15, 0.2) is 23.2 Å². The molecule has 1 saturated heterocycles. The van der Waals surface area contributed by atoms with E-state index in [1.807, 2.05) is 6.07 Å². The summed E-state index contributed by atoms with van der Waals surface area (Å²) in [7, 11) is 3.95. The molecule has 0 spiro atoms. The second-order valence-corrected chi connectivity index (χ2v) is 7.29. The van der Waals surface area contributed by atoms with Crippen LogP contribution in [0.3, 0.4) is 0 Å². The number of nitrogens with one attached hydrogen (secondary N) is 2. The molecule has 1 aromatic rings. The summed E-state index contributed by atoms with van der Waals surface area (Å²) in [5.74, 6) is 2.71. The molecule has 0 unspecified atom stereocenters. The highest BCUT2D eigenvalue weighted by molar-refractivity contribution is 14.0. The molecule has 154 valence electrons. The van der Waals surface area contributed by atoms with E-state index in [4.69, 9.17) is 9.73 Å². The molecule has 0 aromatic heterocycles. The summed E-state index contributed by atoms with van der Waals surface area (Å²) in [6, 6.07) is 6.33. The number of nitrogens with zero attached hydrogens (tertiary/aromatic N) is 2. The third-order valence-corrected chi connectivity index (χ3v) is 5.11. The van der Waals surface area contributed by atoms with Gasteiger partial charge in [0, 0.05) is 19.6 Å². The topological polar surface area (TPSA) is 48.9 Å². The summed E-state index contributed by atoms with van der Waals surface area (Å²) in [6.45, 7) is 9.31. The fraction of sp³-hybridized carbons (Fsp3) is 0.667. The second kappa shape index (κ2) is 13.2. The number of guanidine groups is 1. The molecule has 1 aliphatic heterocycles. The summed E-state index contributed by atoms with van der Waals surface area (Å²) < 4.78 is 5.47. The van der Waals surface area contributed by atoms with Gasteiger partial charge in [-0.2, -0.15) is 0 Å². The molecule has 2 N–H and O–H groups in total. The molecule has 0 atom stereocenters. The number of hydrogen-bond acceptors (Lipinski definition) is 3. The second-order valence-electron chi connectivity index (χ2n) is 7.29. The molecule has 0 bridgehead atoms. The number of halogens is 1. The van der Waals surface area contributed by atoms with Gasteiger partial charge in [0.25, 0.3) is 0 Å². The quantitative estimate of drug-likeness (QED) is 0.335. The highest BCUT2D eigenvalue weighted by atomic mass is 127. The molecule has 0 radical (unpaired) electrons. The molecule has 1 aliphatic rings. The highest BCUT2D eigenvalue weighted by Crippen LogP contribution is 2.20. The third kappa shape index (κ3) is 8.68. The zero-order chi connectivity index (χ0) is 18.8. The number of likely N-dealkylation sites (tertiary alicyclic amines) is 1. The lowest BCUT2D eigenvalue weighted by molar-refractivity contribution is 0.214. The average molecular weight is 488 g/mol. The minimum absolute atomic E-state index is 0. The van der Waals surface area contributed by atoms with Crippen LogP contribution in [0, 0.1) is 12.8 Å². The number of aryl methyl sites for hydroxylation is 1. The highest BCUT2D eigenvalue weighted by Gasteiger charge is 2.15. The first-order chi connectivity index (χ1) is 12.6. The van der Waals surface area contributed by atoms with Crippen LogP contribution >= 0.6 is 24.0 Å². The van der Waals surface area contributed by atoms with Gasteiger partial charge < -0.3 is 20.3 Å². The number of aliphatic imine (C=N–C) groups is 1. The van der Waals surface area contributed by atoms with Crippen LogP contribution < -0.4 is 15.4 Å². The van der Waals surface area contributed by atoms with E-state index < -0.39 is 0 Å². The Labute approximate surface area is 182 Å². The Kier molecular flexibility index (Phi) is 11.7. The van der Waals surface area contributed by atoms with Gasteiger partial charge in [-0.15, -0.1) is 24.0 Å². The Hall–Kier alpha value is -1.02. The molecule has 0 saturated carbocycles. The van der Waals surface area contributed by atoms with Gasteiger partial charge in [0.1, 0.15) is 5.75 Å². The predicted molar refractivity (Wildman–Crippen MR) is 126 cm³/mol. The Morgan fingerprint density at radius 2 is 2.00 bits per heavy atom. The van der Waals surface area contributed by atoms with Crippen molar-refractivity contribution in [3.05, 3.63) is 29.3 Å². The summed E-state index contributed by atoms with van der Waals surface area (Å²) in [5, 5.41) is 6.81. The van der Waals surface area contributed by atoms with E-state index in [1.54, 1.807) is 7.11 Å². The van der Waals surface area contributed by atoms with Crippen molar-refractivity contribution in [3.8, 4) is 5.75 Å². The molecule has 1 fully saturated rings. The normalized spacial score (nSPS) is 15.9. The summed E-state index contributed by atoms with van der Waals surface area (Å²) in [6.07, 6.45) is 4.73. The van der Waals surface area contributed by atoms with E-state index in [1.165, 1.54) is 43.5 Å². The first-order valence-corrected chi connectivity index (χ1v) is 9.96. The van der Waals surface area contributed by atoms with Gasteiger partial charge in [-0.3, -0.25) is 4.99 Å². The summed E-state index contributed by atoms with van der Waals surface area (Å²) in [5.41, 5.74) is 2.50. The predicted octanol–water partition coefficient (Wildman–Crippen LogP) is 3.45. The number of hydrogen-bond donors (Lipinski definition) is 2. The Morgan fingerprint density at radius 3 is 2.67 bits per heavy atom. The fourth-order valence-corrected chi connectivity index (χ4v) is 3.47. The van der Waals surface area contributed by atoms with Crippen molar-refractivity contribution in [2.24, 2.45) is 10.9 Å². The number of rotatable bonds is 8. The zero-order valence-electron chi connectivity index (χ0n) is 17.4. The van der Waals surface area contributed by atoms with Crippen molar-refractivity contribution in [3.63, 3.8) is 0 Å².